The predicted molar refractivity (Wildman–Crippen MR) is 337 cm³/mol. The summed E-state index contributed by atoms with van der Waals surface area (Å²) in [5.74, 6) is -0.367. The molecular formula is C68H119NO18. The zero-order valence-corrected chi connectivity index (χ0v) is 53.0. The second-order valence-electron chi connectivity index (χ2n) is 23.9. The van der Waals surface area contributed by atoms with E-state index in [1.165, 1.54) is 141 Å². The number of carbonyl (C=O) groups excluding carboxylic acids is 1. The van der Waals surface area contributed by atoms with Crippen molar-refractivity contribution in [2.45, 2.75) is 324 Å². The van der Waals surface area contributed by atoms with Gasteiger partial charge in [-0.05, 0) is 57.8 Å². The molecule has 0 radical (unpaired) electrons. The minimum atomic E-state index is -1.99. The van der Waals surface area contributed by atoms with Crippen molar-refractivity contribution in [3.63, 3.8) is 0 Å². The highest BCUT2D eigenvalue weighted by Crippen LogP contribution is 2.33. The smallest absolute Gasteiger partial charge is 0.220 e. The number of amides is 1. The molecule has 3 fully saturated rings. The van der Waals surface area contributed by atoms with E-state index in [2.05, 4.69) is 67.8 Å². The second kappa shape index (κ2) is 49.9. The molecular weight excluding hydrogens is 1120 g/mol. The molecule has 3 aliphatic heterocycles. The van der Waals surface area contributed by atoms with Crippen LogP contribution >= 0.6 is 0 Å². The molecule has 0 spiro atoms. The summed E-state index contributed by atoms with van der Waals surface area (Å²) in [6, 6.07) is -1.03. The maximum atomic E-state index is 13.3. The van der Waals surface area contributed by atoms with Gasteiger partial charge in [-0.1, -0.05) is 228 Å². The summed E-state index contributed by atoms with van der Waals surface area (Å²) in [7, 11) is 0. The van der Waals surface area contributed by atoms with Crippen LogP contribution in [-0.4, -0.2) is 193 Å². The van der Waals surface area contributed by atoms with E-state index in [4.69, 9.17) is 28.4 Å². The Labute approximate surface area is 521 Å². The highest BCUT2D eigenvalue weighted by atomic mass is 16.8. The van der Waals surface area contributed by atoms with Crippen molar-refractivity contribution in [2.24, 2.45) is 0 Å². The molecule has 3 rings (SSSR count). The Morgan fingerprint density at radius 2 is 0.805 bits per heavy atom. The van der Waals surface area contributed by atoms with Crippen molar-refractivity contribution in [3.05, 3.63) is 72.9 Å². The van der Waals surface area contributed by atoms with Gasteiger partial charge in [-0.15, -0.1) is 0 Å². The predicted octanol–water partition coefficient (Wildman–Crippen LogP) is 8.16. The molecule has 19 nitrogen and oxygen atoms in total. The van der Waals surface area contributed by atoms with Gasteiger partial charge in [0.15, 0.2) is 18.9 Å². The van der Waals surface area contributed by atoms with Gasteiger partial charge in [0, 0.05) is 6.42 Å². The van der Waals surface area contributed by atoms with E-state index in [0.29, 0.717) is 19.3 Å². The van der Waals surface area contributed by atoms with Crippen molar-refractivity contribution in [1.82, 2.24) is 5.32 Å². The third kappa shape index (κ3) is 32.4. The maximum absolute atomic E-state index is 13.3. The van der Waals surface area contributed by atoms with Crippen molar-refractivity contribution in [1.29, 1.82) is 0 Å². The summed E-state index contributed by atoms with van der Waals surface area (Å²) in [5, 5.41) is 120. The highest BCUT2D eigenvalue weighted by molar-refractivity contribution is 5.76. The molecule has 0 aromatic rings. The van der Waals surface area contributed by atoms with Gasteiger partial charge in [0.2, 0.25) is 5.91 Å². The summed E-state index contributed by atoms with van der Waals surface area (Å²) in [6.45, 7) is 1.53. The van der Waals surface area contributed by atoms with Gasteiger partial charge < -0.3 is 89.9 Å². The van der Waals surface area contributed by atoms with Crippen LogP contribution in [0.25, 0.3) is 0 Å². The first-order valence-corrected chi connectivity index (χ1v) is 33.7. The monoisotopic (exact) mass is 1240 g/mol. The molecule has 504 valence electrons. The van der Waals surface area contributed by atoms with Gasteiger partial charge in [0.25, 0.3) is 0 Å². The van der Waals surface area contributed by atoms with Gasteiger partial charge in [0.1, 0.15) is 73.2 Å². The first-order valence-electron chi connectivity index (χ1n) is 33.7. The summed E-state index contributed by atoms with van der Waals surface area (Å²) < 4.78 is 34.2. The zero-order valence-electron chi connectivity index (χ0n) is 53.0. The molecule has 0 aromatic heterocycles. The number of aliphatic hydroxyl groups excluding tert-OH is 11. The fraction of sp³-hybridized carbons (Fsp3) is 0.809. The van der Waals surface area contributed by atoms with Crippen LogP contribution in [0, 0.1) is 0 Å². The topological polar surface area (TPSA) is 307 Å². The Bertz CT molecular complexity index is 1860. The summed E-state index contributed by atoms with van der Waals surface area (Å²) >= 11 is 0. The molecule has 87 heavy (non-hydrogen) atoms. The lowest BCUT2D eigenvalue weighted by Crippen LogP contribution is -2.66. The molecule has 1 amide bonds. The van der Waals surface area contributed by atoms with Gasteiger partial charge in [-0.2, -0.15) is 0 Å². The van der Waals surface area contributed by atoms with Crippen LogP contribution in [0.3, 0.4) is 0 Å². The quantitative estimate of drug-likeness (QED) is 0.0202. The zero-order chi connectivity index (χ0) is 63.3. The molecule has 0 aromatic carbocycles. The van der Waals surface area contributed by atoms with Gasteiger partial charge in [-0.25, -0.2) is 0 Å². The van der Waals surface area contributed by atoms with Crippen LogP contribution in [0.4, 0.5) is 0 Å². The molecule has 17 atom stereocenters. The third-order valence-corrected chi connectivity index (χ3v) is 16.5. The van der Waals surface area contributed by atoms with Gasteiger partial charge in [-0.3, -0.25) is 4.79 Å². The number of hydrogen-bond acceptors (Lipinski definition) is 18. The van der Waals surface area contributed by atoms with Crippen molar-refractivity contribution in [2.75, 3.05) is 26.4 Å². The molecule has 19 heteroatoms. The van der Waals surface area contributed by atoms with E-state index in [1.54, 1.807) is 6.08 Å². The Kier molecular flexibility index (Phi) is 45.0. The molecule has 17 unspecified atom stereocenters. The molecule has 12 N–H and O–H groups in total. The minimum Gasteiger partial charge on any atom is -0.394 e. The summed E-state index contributed by atoms with van der Waals surface area (Å²) in [6.07, 6.45) is 35.0. The van der Waals surface area contributed by atoms with E-state index in [-0.39, 0.29) is 12.3 Å². The van der Waals surface area contributed by atoms with E-state index in [1.807, 2.05) is 18.2 Å². The number of allylic oxidation sites excluding steroid dienone is 11. The number of aliphatic hydroxyl groups is 11. The van der Waals surface area contributed by atoms with E-state index >= 15 is 0 Å². The molecule has 3 aliphatic rings. The molecule has 3 saturated heterocycles. The molecule has 3 heterocycles. The van der Waals surface area contributed by atoms with Crippen LogP contribution < -0.4 is 5.32 Å². The lowest BCUT2D eigenvalue weighted by Gasteiger charge is -2.48. The summed E-state index contributed by atoms with van der Waals surface area (Å²) in [5.41, 5.74) is 0. The van der Waals surface area contributed by atoms with Crippen molar-refractivity contribution < 1.29 is 89.4 Å². The van der Waals surface area contributed by atoms with Crippen molar-refractivity contribution in [3.8, 4) is 0 Å². The Hall–Kier alpha value is -2.77. The van der Waals surface area contributed by atoms with E-state index in [9.17, 15) is 61.0 Å². The Balaban J connectivity index is 1.43. The SMILES string of the molecule is CC/C=C\C/C=C\C/C=C\C/C=C\CCC(=O)NC(COC1OC(CO)C(OC2OC(CO)C(OC3OC(CO)C(O)C(O)C3O)C(O)C2O)C(O)C1O)C(O)/C=C/CC/C=C/CCCCCCCCCCCCCCCCCCCCCCCCC. The van der Waals surface area contributed by atoms with Crippen molar-refractivity contribution >= 4 is 5.91 Å². The Morgan fingerprint density at radius 1 is 0.425 bits per heavy atom. The van der Waals surface area contributed by atoms with Crippen LogP contribution in [-0.2, 0) is 33.2 Å². The van der Waals surface area contributed by atoms with Crippen LogP contribution in [0.5, 0.6) is 0 Å². The van der Waals surface area contributed by atoms with Crippen LogP contribution in [0.1, 0.15) is 219 Å². The largest absolute Gasteiger partial charge is 0.394 e. The van der Waals surface area contributed by atoms with Gasteiger partial charge in [0.05, 0.1) is 38.6 Å². The summed E-state index contributed by atoms with van der Waals surface area (Å²) in [4.78, 5) is 13.3. The molecule has 0 aliphatic carbocycles. The van der Waals surface area contributed by atoms with Gasteiger partial charge >= 0.3 is 0 Å². The normalized spacial score (nSPS) is 29.0. The maximum Gasteiger partial charge on any atom is 0.220 e. The fourth-order valence-electron chi connectivity index (χ4n) is 11.0. The van der Waals surface area contributed by atoms with E-state index < -0.39 is 131 Å². The molecule has 0 saturated carbocycles. The number of unbranched alkanes of at least 4 members (excludes halogenated alkanes) is 24. The van der Waals surface area contributed by atoms with Crippen LogP contribution in [0.2, 0.25) is 0 Å². The average molecular weight is 1240 g/mol. The number of nitrogens with one attached hydrogen (secondary N) is 1. The fourth-order valence-corrected chi connectivity index (χ4v) is 11.0. The first-order chi connectivity index (χ1) is 42.3. The Morgan fingerprint density at radius 3 is 1.28 bits per heavy atom. The molecule has 0 bridgehead atoms. The average Bonchev–Trinajstić information content (AvgIpc) is 2.79. The number of hydrogen-bond donors (Lipinski definition) is 12. The number of carbonyl (C=O) groups is 1. The lowest BCUT2D eigenvalue weighted by atomic mass is 9.96. The number of rotatable bonds is 50. The highest BCUT2D eigenvalue weighted by Gasteiger charge is 2.53. The number of ether oxygens (including phenoxy) is 6. The first kappa shape index (κ1) is 78.5. The lowest BCUT2D eigenvalue weighted by molar-refractivity contribution is -0.379. The van der Waals surface area contributed by atoms with E-state index in [0.717, 1.165) is 38.5 Å². The second-order valence-corrected chi connectivity index (χ2v) is 23.9. The standard InChI is InChI=1S/C68H119NO18/c1-3-5-7-9-11-13-15-17-18-19-20-21-22-23-24-25-26-27-28-29-30-31-32-34-35-37-39-41-43-45-52(73)51(69-56(74)46-44-42-40-38-36-33-16-14-12-10-8-6-4-2)50-82-66-62(80)59(77)64(54(48-71)84-66)87-68-63(81)60(78)65(55(49-72)85-68)86-67-61(79)58(76)57(75)53(47-70)83-67/h6,8,12,14,33,35-37,40,42-43,45,51-55,57-68,70-73,75-81H,3-5,7,9-11,13,15-32,34,38-39,41,44,46-50H2,1-2H3,(H,69,74)/b8-6-,14-12-,36-33-,37-35+,42-40-,45-43+. The third-order valence-electron chi connectivity index (χ3n) is 16.5. The van der Waals surface area contributed by atoms with Crippen LogP contribution in [0.15, 0.2) is 72.9 Å². The minimum absolute atomic E-state index is 0.111.